The fraction of sp³-hybridized carbons (Fsp3) is 0.524. The number of nitrogens with zero attached hydrogens (tertiary/aromatic N) is 1. The lowest BCUT2D eigenvalue weighted by molar-refractivity contribution is -0.155. The Hall–Kier alpha value is -2.90. The summed E-state index contributed by atoms with van der Waals surface area (Å²) in [6, 6.07) is 6.65. The monoisotopic (exact) mass is 401 g/mol. The highest BCUT2D eigenvalue weighted by molar-refractivity contribution is 6.09. The smallest absolute Gasteiger partial charge is 0.327 e. The van der Waals surface area contributed by atoms with Gasteiger partial charge < -0.3 is 15.4 Å². The second-order valence-electron chi connectivity index (χ2n) is 7.93. The molecule has 0 bridgehead atoms. The molecule has 0 aromatic heterocycles. The lowest BCUT2D eigenvalue weighted by Crippen LogP contribution is -2.54. The second kappa shape index (κ2) is 8.23. The van der Waals surface area contributed by atoms with Crippen LogP contribution in [0, 0.1) is 12.8 Å². The summed E-state index contributed by atoms with van der Waals surface area (Å²) in [5, 5.41) is 5.46. The zero-order chi connectivity index (χ0) is 21.2. The van der Waals surface area contributed by atoms with Gasteiger partial charge in [-0.15, -0.1) is 0 Å². The minimum atomic E-state index is -1.06. The average Bonchev–Trinajstić information content (AvgIpc) is 2.89. The summed E-state index contributed by atoms with van der Waals surface area (Å²) in [7, 11) is 0. The first-order valence-electron chi connectivity index (χ1n) is 9.94. The zero-order valence-electron chi connectivity index (χ0n) is 17.0. The Labute approximate surface area is 170 Å². The first-order valence-corrected chi connectivity index (χ1v) is 9.94. The molecule has 0 unspecified atom stereocenters. The van der Waals surface area contributed by atoms with Crippen LogP contribution in [0.15, 0.2) is 24.3 Å². The fourth-order valence-corrected chi connectivity index (χ4v) is 4.02. The van der Waals surface area contributed by atoms with Gasteiger partial charge in [0, 0.05) is 5.69 Å². The summed E-state index contributed by atoms with van der Waals surface area (Å²) in [4.78, 5) is 50.7. The lowest BCUT2D eigenvalue weighted by atomic mass is 9.73. The molecule has 1 aromatic rings. The van der Waals surface area contributed by atoms with E-state index in [4.69, 9.17) is 4.74 Å². The molecule has 1 spiro atoms. The van der Waals surface area contributed by atoms with Gasteiger partial charge in [-0.05, 0) is 50.3 Å². The molecule has 3 rings (SSSR count). The standard InChI is InChI=1S/C21H27N3O5/c1-13-7-6-9-16(11-13)22-18(26)15(3)29-17(25)12-24-19(27)21(23-20(24)28)10-5-4-8-14(21)2/h6-7,9,11,14-15H,4-5,8,10,12H2,1-3H3,(H,22,26)(H,23,28)/t14-,15-,21-/m0/s1. The van der Waals surface area contributed by atoms with Gasteiger partial charge in [0.05, 0.1) is 0 Å². The Morgan fingerprint density at radius 1 is 1.34 bits per heavy atom. The molecule has 1 saturated carbocycles. The van der Waals surface area contributed by atoms with Gasteiger partial charge in [0.1, 0.15) is 12.1 Å². The minimum absolute atomic E-state index is 0.00718. The van der Waals surface area contributed by atoms with E-state index in [-0.39, 0.29) is 11.8 Å². The summed E-state index contributed by atoms with van der Waals surface area (Å²) in [5.74, 6) is -1.67. The predicted octanol–water partition coefficient (Wildman–Crippen LogP) is 2.37. The second-order valence-corrected chi connectivity index (χ2v) is 7.93. The number of nitrogens with one attached hydrogen (secondary N) is 2. The SMILES string of the molecule is Cc1cccc(NC(=O)[C@H](C)OC(=O)CN2C(=O)N[C@]3(CCCC[C@@H]3C)C2=O)c1. The van der Waals surface area contributed by atoms with Crippen LogP contribution in [0.1, 0.15) is 45.1 Å². The summed E-state index contributed by atoms with van der Waals surface area (Å²) in [6.07, 6.45) is 2.22. The Balaban J connectivity index is 1.58. The highest BCUT2D eigenvalue weighted by Gasteiger charge is 2.55. The van der Waals surface area contributed by atoms with E-state index in [1.54, 1.807) is 18.2 Å². The van der Waals surface area contributed by atoms with Gasteiger partial charge in [0.25, 0.3) is 11.8 Å². The van der Waals surface area contributed by atoms with Crippen LogP contribution in [0.3, 0.4) is 0 Å². The molecular weight excluding hydrogens is 374 g/mol. The Kier molecular flexibility index (Phi) is 5.91. The number of benzene rings is 1. The van der Waals surface area contributed by atoms with Crippen molar-refractivity contribution in [3.8, 4) is 0 Å². The predicted molar refractivity (Wildman–Crippen MR) is 106 cm³/mol. The van der Waals surface area contributed by atoms with Crippen LogP contribution in [-0.2, 0) is 19.1 Å². The quantitative estimate of drug-likeness (QED) is 0.582. The molecule has 8 nitrogen and oxygen atoms in total. The molecule has 29 heavy (non-hydrogen) atoms. The number of hydrogen-bond acceptors (Lipinski definition) is 5. The van der Waals surface area contributed by atoms with Crippen molar-refractivity contribution in [2.24, 2.45) is 5.92 Å². The average molecular weight is 401 g/mol. The maximum Gasteiger partial charge on any atom is 0.327 e. The number of hydrogen-bond donors (Lipinski definition) is 2. The zero-order valence-corrected chi connectivity index (χ0v) is 17.0. The van der Waals surface area contributed by atoms with Gasteiger partial charge in [-0.25, -0.2) is 4.79 Å². The number of amides is 4. The first kappa shape index (κ1) is 20.8. The number of ether oxygens (including phenoxy) is 1. The van der Waals surface area contributed by atoms with Crippen LogP contribution in [-0.4, -0.2) is 46.9 Å². The van der Waals surface area contributed by atoms with Crippen molar-refractivity contribution in [2.75, 3.05) is 11.9 Å². The fourth-order valence-electron chi connectivity index (χ4n) is 4.02. The minimum Gasteiger partial charge on any atom is -0.451 e. The van der Waals surface area contributed by atoms with E-state index in [2.05, 4.69) is 10.6 Å². The van der Waals surface area contributed by atoms with Gasteiger partial charge in [0.2, 0.25) is 0 Å². The Morgan fingerprint density at radius 2 is 2.10 bits per heavy atom. The van der Waals surface area contributed by atoms with Gasteiger partial charge in [0.15, 0.2) is 6.10 Å². The number of esters is 1. The lowest BCUT2D eigenvalue weighted by Gasteiger charge is -2.36. The molecule has 1 aromatic carbocycles. The van der Waals surface area contributed by atoms with Gasteiger partial charge in [-0.1, -0.05) is 31.9 Å². The largest absolute Gasteiger partial charge is 0.451 e. The van der Waals surface area contributed by atoms with Gasteiger partial charge >= 0.3 is 12.0 Å². The molecule has 2 aliphatic rings. The van der Waals surface area contributed by atoms with E-state index in [0.717, 1.165) is 29.7 Å². The van der Waals surface area contributed by atoms with Crippen LogP contribution < -0.4 is 10.6 Å². The third-order valence-electron chi connectivity index (χ3n) is 5.75. The van der Waals surface area contributed by atoms with Crippen molar-refractivity contribution in [1.29, 1.82) is 0 Å². The normalized spacial score (nSPS) is 24.9. The van der Waals surface area contributed by atoms with Crippen LogP contribution in [0.25, 0.3) is 0 Å². The van der Waals surface area contributed by atoms with Crippen LogP contribution in [0.4, 0.5) is 10.5 Å². The molecule has 3 atom stereocenters. The summed E-state index contributed by atoms with van der Waals surface area (Å²) >= 11 is 0. The summed E-state index contributed by atoms with van der Waals surface area (Å²) in [6.45, 7) is 4.77. The van der Waals surface area contributed by atoms with Crippen molar-refractivity contribution < 1.29 is 23.9 Å². The molecule has 1 saturated heterocycles. The highest BCUT2D eigenvalue weighted by Crippen LogP contribution is 2.38. The van der Waals surface area contributed by atoms with Gasteiger partial charge in [-0.2, -0.15) is 0 Å². The number of rotatable bonds is 5. The molecule has 1 heterocycles. The number of aryl methyl sites for hydroxylation is 1. The number of anilines is 1. The summed E-state index contributed by atoms with van der Waals surface area (Å²) < 4.78 is 5.15. The van der Waals surface area contributed by atoms with E-state index in [0.29, 0.717) is 12.1 Å². The maximum absolute atomic E-state index is 12.9. The summed E-state index contributed by atoms with van der Waals surface area (Å²) in [5.41, 5.74) is 0.654. The molecule has 1 aliphatic carbocycles. The van der Waals surface area contributed by atoms with Crippen molar-refractivity contribution >= 4 is 29.5 Å². The molecule has 1 aliphatic heterocycles. The van der Waals surface area contributed by atoms with Gasteiger partial charge in [-0.3, -0.25) is 19.3 Å². The third-order valence-corrected chi connectivity index (χ3v) is 5.75. The van der Waals surface area contributed by atoms with Crippen molar-refractivity contribution in [3.63, 3.8) is 0 Å². The molecule has 156 valence electrons. The molecule has 4 amide bonds. The first-order chi connectivity index (χ1) is 13.7. The number of carbonyl (C=O) groups is 4. The third kappa shape index (κ3) is 4.26. The highest BCUT2D eigenvalue weighted by atomic mass is 16.5. The molecule has 0 radical (unpaired) electrons. The molecule has 8 heteroatoms. The van der Waals surface area contributed by atoms with Crippen molar-refractivity contribution in [2.45, 2.75) is 58.1 Å². The van der Waals surface area contributed by atoms with E-state index in [9.17, 15) is 19.2 Å². The van der Waals surface area contributed by atoms with Crippen LogP contribution >= 0.6 is 0 Å². The maximum atomic E-state index is 12.9. The molecule has 2 fully saturated rings. The van der Waals surface area contributed by atoms with E-state index < -0.39 is 36.1 Å². The van der Waals surface area contributed by atoms with E-state index >= 15 is 0 Å². The molecular formula is C21H27N3O5. The topological polar surface area (TPSA) is 105 Å². The van der Waals surface area contributed by atoms with Crippen LogP contribution in [0.2, 0.25) is 0 Å². The number of imide groups is 1. The van der Waals surface area contributed by atoms with E-state index in [1.807, 2.05) is 19.9 Å². The molecule has 2 N–H and O–H groups in total. The van der Waals surface area contributed by atoms with Crippen molar-refractivity contribution in [3.05, 3.63) is 29.8 Å². The Bertz CT molecular complexity index is 839. The van der Waals surface area contributed by atoms with Crippen LogP contribution in [0.5, 0.6) is 0 Å². The van der Waals surface area contributed by atoms with Crippen molar-refractivity contribution in [1.82, 2.24) is 10.2 Å². The number of carbonyl (C=O) groups excluding carboxylic acids is 4. The van der Waals surface area contributed by atoms with E-state index in [1.165, 1.54) is 6.92 Å². The number of urea groups is 1. The Morgan fingerprint density at radius 3 is 2.79 bits per heavy atom.